The zero-order valence-electron chi connectivity index (χ0n) is 18.5. The van der Waals surface area contributed by atoms with Gasteiger partial charge in [-0.1, -0.05) is 36.4 Å². The zero-order chi connectivity index (χ0) is 22.9. The second-order valence-electron chi connectivity index (χ2n) is 8.61. The van der Waals surface area contributed by atoms with Crippen molar-refractivity contribution in [2.24, 2.45) is 0 Å². The Morgan fingerprint density at radius 1 is 1.09 bits per heavy atom. The lowest BCUT2D eigenvalue weighted by Gasteiger charge is -2.24. The van der Waals surface area contributed by atoms with Crippen LogP contribution in [0.1, 0.15) is 36.9 Å². The van der Waals surface area contributed by atoms with E-state index in [0.717, 1.165) is 29.1 Å². The molecule has 5 nitrogen and oxygen atoms in total. The van der Waals surface area contributed by atoms with E-state index in [2.05, 4.69) is 41.1 Å². The van der Waals surface area contributed by atoms with E-state index in [9.17, 15) is 14.3 Å². The van der Waals surface area contributed by atoms with E-state index in [1.807, 2.05) is 0 Å². The molecule has 1 aliphatic heterocycles. The number of rotatable bonds is 6. The molecule has 1 unspecified atom stereocenters. The van der Waals surface area contributed by atoms with Gasteiger partial charge in [-0.3, -0.25) is 14.3 Å². The van der Waals surface area contributed by atoms with Crippen molar-refractivity contribution >= 4 is 21.6 Å². The zero-order valence-corrected chi connectivity index (χ0v) is 19.3. The second kappa shape index (κ2) is 9.08. The molecule has 1 N–H and O–H groups in total. The minimum absolute atomic E-state index is 0.255. The van der Waals surface area contributed by atoms with Crippen molar-refractivity contribution in [3.63, 3.8) is 0 Å². The van der Waals surface area contributed by atoms with Gasteiger partial charge in [-0.25, -0.2) is 4.39 Å². The van der Waals surface area contributed by atoms with Crippen LogP contribution >= 0.6 is 11.3 Å². The van der Waals surface area contributed by atoms with Crippen molar-refractivity contribution in [2.75, 3.05) is 13.1 Å². The molecule has 170 valence electrons. The van der Waals surface area contributed by atoms with Gasteiger partial charge in [0.05, 0.1) is 5.52 Å². The molecule has 2 aromatic heterocycles. The Morgan fingerprint density at radius 2 is 1.79 bits per heavy atom. The van der Waals surface area contributed by atoms with Crippen molar-refractivity contribution < 1.29 is 9.50 Å². The van der Waals surface area contributed by atoms with Crippen molar-refractivity contribution in [3.8, 4) is 16.5 Å². The van der Waals surface area contributed by atoms with Gasteiger partial charge in [-0.05, 0) is 74.2 Å². The quantitative estimate of drug-likeness (QED) is 0.418. The number of benzene rings is 2. The molecule has 1 saturated heterocycles. The number of likely N-dealkylation sites (tertiary alicyclic amines) is 1. The summed E-state index contributed by atoms with van der Waals surface area (Å²) >= 11 is 1.31. The number of halogens is 1. The number of hydrogen-bond donors (Lipinski definition) is 1. The van der Waals surface area contributed by atoms with Gasteiger partial charge in [0.25, 0.3) is 11.6 Å². The van der Waals surface area contributed by atoms with E-state index in [1.54, 1.807) is 18.2 Å². The van der Waals surface area contributed by atoms with Crippen LogP contribution in [0.5, 0.6) is 6.01 Å². The molecule has 1 fully saturated rings. The molecule has 4 aromatic rings. The molecule has 33 heavy (non-hydrogen) atoms. The van der Waals surface area contributed by atoms with E-state index in [1.165, 1.54) is 46.4 Å². The Bertz CT molecular complexity index is 1320. The average molecular weight is 464 g/mol. The summed E-state index contributed by atoms with van der Waals surface area (Å²) in [5.74, 6) is -0.309. The lowest BCUT2D eigenvalue weighted by Crippen LogP contribution is -2.23. The predicted octanol–water partition coefficient (Wildman–Crippen LogP) is 5.37. The monoisotopic (exact) mass is 463 g/mol. The molecule has 2 aromatic carbocycles. The number of aryl methyl sites for hydroxylation is 1. The molecule has 1 aliphatic rings. The van der Waals surface area contributed by atoms with Crippen LogP contribution in [0.4, 0.5) is 4.39 Å². The van der Waals surface area contributed by atoms with Crippen LogP contribution in [0, 0.1) is 5.82 Å². The van der Waals surface area contributed by atoms with Crippen LogP contribution in [0.25, 0.3) is 20.7 Å². The van der Waals surface area contributed by atoms with Gasteiger partial charge in [0, 0.05) is 17.5 Å². The topological polar surface area (TPSA) is 58.4 Å². The number of nitrogens with zero attached hydrogens (tertiary/aromatic N) is 3. The average Bonchev–Trinajstić information content (AvgIpc) is 3.50. The number of fused-ring (bicyclic) bond motifs is 1. The summed E-state index contributed by atoms with van der Waals surface area (Å²) in [5.41, 5.74) is 3.43. The van der Waals surface area contributed by atoms with E-state index in [4.69, 9.17) is 0 Å². The normalized spacial score (nSPS) is 15.3. The van der Waals surface area contributed by atoms with Crippen molar-refractivity contribution in [3.05, 3.63) is 81.9 Å². The first-order chi connectivity index (χ1) is 16.0. The molecular formula is C26H26FN3O2S. The number of aromatic hydroxyl groups is 1. The molecule has 0 bridgehead atoms. The van der Waals surface area contributed by atoms with Gasteiger partial charge in [0.1, 0.15) is 10.5 Å². The molecule has 0 amide bonds. The summed E-state index contributed by atoms with van der Waals surface area (Å²) in [6.45, 7) is 4.91. The third kappa shape index (κ3) is 4.43. The standard InChI is InChI=1S/C26H26FN3O2S/c1-17(29-13-2-3-14-29)19-6-4-18(5-7-19)12-15-30-25(31)24-22(28-26(30)32)16-23(33-24)20-8-10-21(27)11-9-20/h4-11,16-17H,2-3,12-15H2,1H3,(H,28,32). The van der Waals surface area contributed by atoms with E-state index in [-0.39, 0.29) is 17.4 Å². The summed E-state index contributed by atoms with van der Waals surface area (Å²) in [5, 5.41) is 10.4. The highest BCUT2D eigenvalue weighted by Gasteiger charge is 2.19. The molecule has 3 heterocycles. The van der Waals surface area contributed by atoms with Crippen molar-refractivity contribution in [1.29, 1.82) is 0 Å². The summed E-state index contributed by atoms with van der Waals surface area (Å²) < 4.78 is 15.1. The summed E-state index contributed by atoms with van der Waals surface area (Å²) in [7, 11) is 0. The van der Waals surface area contributed by atoms with Crippen LogP contribution in [0.2, 0.25) is 0 Å². The van der Waals surface area contributed by atoms with E-state index >= 15 is 0 Å². The van der Waals surface area contributed by atoms with Crippen LogP contribution < -0.4 is 5.56 Å². The molecule has 5 rings (SSSR count). The smallest absolute Gasteiger partial charge is 0.297 e. The maximum absolute atomic E-state index is 13.2. The fraction of sp³-hybridized carbons (Fsp3) is 0.308. The van der Waals surface area contributed by atoms with Gasteiger partial charge >= 0.3 is 0 Å². The molecule has 7 heteroatoms. The van der Waals surface area contributed by atoms with Gasteiger partial charge in [0.15, 0.2) is 0 Å². The van der Waals surface area contributed by atoms with Crippen molar-refractivity contribution in [2.45, 2.75) is 38.8 Å². The van der Waals surface area contributed by atoms with Gasteiger partial charge in [-0.2, -0.15) is 4.98 Å². The third-order valence-electron chi connectivity index (χ3n) is 6.52. The van der Waals surface area contributed by atoms with Crippen LogP contribution in [0.3, 0.4) is 0 Å². The molecular weight excluding hydrogens is 437 g/mol. The molecule has 0 radical (unpaired) electrons. The fourth-order valence-electron chi connectivity index (χ4n) is 4.50. The van der Waals surface area contributed by atoms with Gasteiger partial charge < -0.3 is 5.11 Å². The Kier molecular flexibility index (Phi) is 6.00. The van der Waals surface area contributed by atoms with Crippen molar-refractivity contribution in [1.82, 2.24) is 14.5 Å². The molecule has 1 atom stereocenters. The first kappa shape index (κ1) is 21.8. The molecule has 0 saturated carbocycles. The Balaban J connectivity index is 1.34. The van der Waals surface area contributed by atoms with Crippen LogP contribution in [-0.4, -0.2) is 32.6 Å². The number of aromatic nitrogens is 2. The Labute approximate surface area is 195 Å². The van der Waals surface area contributed by atoms with Gasteiger partial charge in [0.2, 0.25) is 0 Å². The minimum Gasteiger partial charge on any atom is -0.480 e. The minimum atomic E-state index is -0.309. The van der Waals surface area contributed by atoms with Crippen LogP contribution in [0.15, 0.2) is 59.4 Å². The lowest BCUT2D eigenvalue weighted by atomic mass is 10.0. The fourth-order valence-corrected chi connectivity index (χ4v) is 5.55. The van der Waals surface area contributed by atoms with E-state index < -0.39 is 0 Å². The largest absolute Gasteiger partial charge is 0.480 e. The Morgan fingerprint density at radius 3 is 2.48 bits per heavy atom. The molecule has 0 aliphatic carbocycles. The van der Waals surface area contributed by atoms with Gasteiger partial charge in [-0.15, -0.1) is 11.3 Å². The third-order valence-corrected chi connectivity index (χ3v) is 7.68. The second-order valence-corrected chi connectivity index (χ2v) is 9.66. The summed E-state index contributed by atoms with van der Waals surface area (Å²) in [6, 6.07) is 16.6. The predicted molar refractivity (Wildman–Crippen MR) is 130 cm³/mol. The highest BCUT2D eigenvalue weighted by Crippen LogP contribution is 2.32. The van der Waals surface area contributed by atoms with E-state index in [0.29, 0.717) is 29.2 Å². The first-order valence-electron chi connectivity index (χ1n) is 11.3. The summed E-state index contributed by atoms with van der Waals surface area (Å²) in [4.78, 5) is 20.6. The SMILES string of the molecule is CC(c1ccc(CCn2c(O)nc3cc(-c4ccc(F)cc4)sc3c2=O)cc1)N1CCCC1. The lowest BCUT2D eigenvalue weighted by molar-refractivity contribution is 0.263. The Hall–Kier alpha value is -3.03. The number of hydrogen-bond acceptors (Lipinski definition) is 5. The maximum Gasteiger partial charge on any atom is 0.297 e. The number of thiophene rings is 1. The highest BCUT2D eigenvalue weighted by molar-refractivity contribution is 7.22. The van der Waals surface area contributed by atoms with Crippen LogP contribution in [-0.2, 0) is 13.0 Å². The first-order valence-corrected chi connectivity index (χ1v) is 12.1. The maximum atomic E-state index is 13.2. The summed E-state index contributed by atoms with van der Waals surface area (Å²) in [6.07, 6.45) is 3.17. The highest BCUT2D eigenvalue weighted by atomic mass is 32.1. The molecule has 0 spiro atoms.